The van der Waals surface area contributed by atoms with Crippen LogP contribution in [0.4, 0.5) is 11.4 Å². The molecule has 0 atom stereocenters. The van der Waals surface area contributed by atoms with E-state index in [9.17, 15) is 10.1 Å². The summed E-state index contributed by atoms with van der Waals surface area (Å²) >= 11 is 0. The molecule has 7 nitrogen and oxygen atoms in total. The number of nitrogens with zero attached hydrogens (tertiary/aromatic N) is 5. The first-order valence-corrected chi connectivity index (χ1v) is 8.30. The van der Waals surface area contributed by atoms with Crippen LogP contribution in [0.1, 0.15) is 12.8 Å². The maximum absolute atomic E-state index is 10.7. The molecule has 0 unspecified atom stereocenters. The third kappa shape index (κ3) is 3.91. The molecule has 1 aromatic heterocycles. The summed E-state index contributed by atoms with van der Waals surface area (Å²) in [5.41, 5.74) is 1.18. The van der Waals surface area contributed by atoms with Crippen molar-refractivity contribution < 1.29 is 4.92 Å². The van der Waals surface area contributed by atoms with E-state index in [-0.39, 0.29) is 10.6 Å². The zero-order valence-corrected chi connectivity index (χ0v) is 13.9. The van der Waals surface area contributed by atoms with Gasteiger partial charge in [-0.25, -0.2) is 0 Å². The summed E-state index contributed by atoms with van der Waals surface area (Å²) in [5, 5.41) is 15.0. The minimum absolute atomic E-state index is 0.139. The highest BCUT2D eigenvalue weighted by Gasteiger charge is 2.22. The van der Waals surface area contributed by atoms with Crippen molar-refractivity contribution >= 4 is 11.4 Å². The second-order valence-corrected chi connectivity index (χ2v) is 6.23. The number of rotatable bonds is 6. The molecule has 0 spiro atoms. The molecule has 1 fully saturated rings. The molecular weight excluding hydrogens is 306 g/mol. The van der Waals surface area contributed by atoms with Crippen LogP contribution in [0.25, 0.3) is 0 Å². The highest BCUT2D eigenvalue weighted by Crippen LogP contribution is 2.24. The number of nitro benzene ring substituents is 1. The van der Waals surface area contributed by atoms with Gasteiger partial charge in [-0.2, -0.15) is 5.10 Å². The van der Waals surface area contributed by atoms with Gasteiger partial charge in [-0.1, -0.05) is 0 Å². The van der Waals surface area contributed by atoms with Gasteiger partial charge in [-0.15, -0.1) is 0 Å². The lowest BCUT2D eigenvalue weighted by atomic mass is 10.0. The van der Waals surface area contributed by atoms with Crippen molar-refractivity contribution in [3.05, 3.63) is 52.8 Å². The Morgan fingerprint density at radius 2 is 1.96 bits per heavy atom. The van der Waals surface area contributed by atoms with Crippen molar-refractivity contribution in [1.29, 1.82) is 0 Å². The van der Waals surface area contributed by atoms with Gasteiger partial charge in [0, 0.05) is 62.9 Å². The normalized spacial score (nSPS) is 16.2. The molecule has 128 valence electrons. The van der Waals surface area contributed by atoms with Gasteiger partial charge in [0.1, 0.15) is 0 Å². The molecule has 2 heterocycles. The van der Waals surface area contributed by atoms with E-state index in [1.54, 1.807) is 12.1 Å². The Bertz CT molecular complexity index is 648. The molecule has 0 amide bonds. The van der Waals surface area contributed by atoms with Crippen LogP contribution in [0.2, 0.25) is 0 Å². The fourth-order valence-corrected chi connectivity index (χ4v) is 3.23. The zero-order chi connectivity index (χ0) is 16.9. The zero-order valence-electron chi connectivity index (χ0n) is 13.9. The fraction of sp³-hybridized carbons (Fsp3) is 0.471. The number of nitro groups is 1. The molecule has 1 aromatic carbocycles. The Morgan fingerprint density at radius 1 is 1.25 bits per heavy atom. The molecule has 0 radical (unpaired) electrons. The molecule has 7 heteroatoms. The highest BCUT2D eigenvalue weighted by molar-refractivity contribution is 5.51. The Labute approximate surface area is 141 Å². The summed E-state index contributed by atoms with van der Waals surface area (Å²) < 4.78 is 1.97. The van der Waals surface area contributed by atoms with Gasteiger partial charge in [0.25, 0.3) is 5.69 Å². The summed E-state index contributed by atoms with van der Waals surface area (Å²) in [5.74, 6) is 0. The van der Waals surface area contributed by atoms with Crippen LogP contribution < -0.4 is 4.90 Å². The first-order chi connectivity index (χ1) is 11.6. The Hall–Kier alpha value is -2.41. The summed E-state index contributed by atoms with van der Waals surface area (Å²) in [6.07, 6.45) is 6.01. The van der Waals surface area contributed by atoms with Gasteiger partial charge >= 0.3 is 0 Å². The Morgan fingerprint density at radius 3 is 2.54 bits per heavy atom. The number of benzene rings is 1. The lowest BCUT2D eigenvalue weighted by Gasteiger charge is -2.37. The minimum atomic E-state index is -0.359. The first kappa shape index (κ1) is 16.4. The number of non-ortho nitro benzene ring substituents is 1. The van der Waals surface area contributed by atoms with Crippen LogP contribution in [-0.2, 0) is 6.54 Å². The van der Waals surface area contributed by atoms with E-state index < -0.39 is 0 Å². The van der Waals surface area contributed by atoms with Gasteiger partial charge in [0.2, 0.25) is 0 Å². The van der Waals surface area contributed by atoms with Crippen LogP contribution in [0.5, 0.6) is 0 Å². The van der Waals surface area contributed by atoms with Gasteiger partial charge in [0.15, 0.2) is 0 Å². The van der Waals surface area contributed by atoms with Crippen LogP contribution >= 0.6 is 0 Å². The molecule has 0 bridgehead atoms. The van der Waals surface area contributed by atoms with Crippen molar-refractivity contribution in [1.82, 2.24) is 14.7 Å². The molecule has 0 N–H and O–H groups in total. The summed E-state index contributed by atoms with van der Waals surface area (Å²) in [6, 6.07) is 9.25. The van der Waals surface area contributed by atoms with Crippen LogP contribution in [-0.4, -0.2) is 52.3 Å². The molecule has 1 saturated heterocycles. The molecule has 0 aliphatic carbocycles. The van der Waals surface area contributed by atoms with Gasteiger partial charge < -0.3 is 9.80 Å². The molecular formula is C17H23N5O2. The van der Waals surface area contributed by atoms with E-state index in [2.05, 4.69) is 21.9 Å². The van der Waals surface area contributed by atoms with Gasteiger partial charge in [-0.05, 0) is 31.0 Å². The van der Waals surface area contributed by atoms with Crippen molar-refractivity contribution in [3.8, 4) is 0 Å². The molecule has 0 saturated carbocycles. The van der Waals surface area contributed by atoms with Crippen molar-refractivity contribution in [2.24, 2.45) is 0 Å². The lowest BCUT2D eigenvalue weighted by molar-refractivity contribution is -0.384. The molecule has 3 rings (SSSR count). The van der Waals surface area contributed by atoms with E-state index in [1.165, 1.54) is 0 Å². The van der Waals surface area contributed by atoms with Crippen molar-refractivity contribution in [3.63, 3.8) is 0 Å². The first-order valence-electron chi connectivity index (χ1n) is 8.30. The maximum Gasteiger partial charge on any atom is 0.269 e. The second-order valence-electron chi connectivity index (χ2n) is 6.23. The lowest BCUT2D eigenvalue weighted by Crippen LogP contribution is -2.44. The number of piperidine rings is 1. The monoisotopic (exact) mass is 329 g/mol. The molecule has 24 heavy (non-hydrogen) atoms. The third-order valence-electron chi connectivity index (χ3n) is 4.78. The number of aromatic nitrogens is 2. The SMILES string of the molecule is CN(c1ccc([N+](=O)[O-])cc1)C1CCN(CCn2cccn2)CC1. The quantitative estimate of drug-likeness (QED) is 0.601. The van der Waals surface area contributed by atoms with Crippen LogP contribution in [0.3, 0.4) is 0 Å². The fourth-order valence-electron chi connectivity index (χ4n) is 3.23. The van der Waals surface area contributed by atoms with E-state index >= 15 is 0 Å². The Balaban J connectivity index is 1.49. The summed E-state index contributed by atoms with van der Waals surface area (Å²) in [4.78, 5) is 15.1. The summed E-state index contributed by atoms with van der Waals surface area (Å²) in [7, 11) is 2.07. The number of hydrogen-bond donors (Lipinski definition) is 0. The maximum atomic E-state index is 10.7. The smallest absolute Gasteiger partial charge is 0.269 e. The minimum Gasteiger partial charge on any atom is -0.372 e. The largest absolute Gasteiger partial charge is 0.372 e. The van der Waals surface area contributed by atoms with Gasteiger partial charge in [0.05, 0.1) is 11.5 Å². The third-order valence-corrected chi connectivity index (χ3v) is 4.78. The Kier molecular flexibility index (Phi) is 5.10. The standard InChI is InChI=1S/C17H23N5O2/c1-19(15-3-5-17(6-4-15)22(23)24)16-7-11-20(12-8-16)13-14-21-10-2-9-18-21/h2-6,9-10,16H,7-8,11-14H2,1H3. The number of hydrogen-bond acceptors (Lipinski definition) is 5. The van der Waals surface area contributed by atoms with Crippen LogP contribution in [0.15, 0.2) is 42.7 Å². The van der Waals surface area contributed by atoms with E-state index in [1.807, 2.05) is 35.3 Å². The van der Waals surface area contributed by atoms with Crippen molar-refractivity contribution in [2.45, 2.75) is 25.4 Å². The number of anilines is 1. The van der Waals surface area contributed by atoms with Gasteiger partial charge in [-0.3, -0.25) is 14.8 Å². The van der Waals surface area contributed by atoms with Crippen LogP contribution in [0, 0.1) is 10.1 Å². The van der Waals surface area contributed by atoms with E-state index in [0.29, 0.717) is 6.04 Å². The topological polar surface area (TPSA) is 67.4 Å². The van der Waals surface area contributed by atoms with E-state index in [4.69, 9.17) is 0 Å². The predicted octanol–water partition coefficient (Wildman–Crippen LogP) is 2.39. The second kappa shape index (κ2) is 7.44. The average Bonchev–Trinajstić information content (AvgIpc) is 3.13. The van der Waals surface area contributed by atoms with E-state index in [0.717, 1.165) is 44.7 Å². The highest BCUT2D eigenvalue weighted by atomic mass is 16.6. The number of likely N-dealkylation sites (tertiary alicyclic amines) is 1. The molecule has 1 aliphatic rings. The van der Waals surface area contributed by atoms with Crippen molar-refractivity contribution in [2.75, 3.05) is 31.6 Å². The summed E-state index contributed by atoms with van der Waals surface area (Å²) in [6.45, 7) is 4.10. The molecule has 2 aromatic rings. The average molecular weight is 329 g/mol. The molecule has 1 aliphatic heterocycles. The predicted molar refractivity (Wildman–Crippen MR) is 93.2 cm³/mol.